The molecule has 0 saturated heterocycles. The van der Waals surface area contributed by atoms with Crippen molar-refractivity contribution in [3.63, 3.8) is 0 Å². The fourth-order valence-electron chi connectivity index (χ4n) is 2.29. The lowest BCUT2D eigenvalue weighted by atomic mass is 10.1. The molecular weight excluding hydrogens is 306 g/mol. The Balaban J connectivity index is 2.15. The van der Waals surface area contributed by atoms with Crippen LogP contribution in [0.2, 0.25) is 5.02 Å². The van der Waals surface area contributed by atoms with Crippen molar-refractivity contribution in [3.8, 4) is 0 Å². The number of rotatable bonds is 3. The molecule has 0 bridgehead atoms. The van der Waals surface area contributed by atoms with Gasteiger partial charge in [0.2, 0.25) is 0 Å². The van der Waals surface area contributed by atoms with Gasteiger partial charge < -0.3 is 4.57 Å². The number of nitro groups is 1. The van der Waals surface area contributed by atoms with E-state index in [4.69, 9.17) is 11.6 Å². The Hall–Kier alpha value is -2.73. The second-order valence-corrected chi connectivity index (χ2v) is 5.09. The van der Waals surface area contributed by atoms with Crippen LogP contribution in [-0.2, 0) is 6.54 Å². The summed E-state index contributed by atoms with van der Waals surface area (Å²) in [6.07, 6.45) is 3.13. The lowest BCUT2D eigenvalue weighted by molar-refractivity contribution is -0.386. The largest absolute Gasteiger partial charge is 0.334 e. The van der Waals surface area contributed by atoms with Gasteiger partial charge in [0.05, 0.1) is 17.0 Å². The monoisotopic (exact) mass is 315 g/mol. The zero-order chi connectivity index (χ0) is 15.7. The van der Waals surface area contributed by atoms with E-state index in [0.29, 0.717) is 16.1 Å². The fourth-order valence-corrected chi connectivity index (χ4v) is 2.50. The molecule has 7 heteroatoms. The maximum Gasteiger partial charge on any atom is 0.334 e. The second-order valence-electron chi connectivity index (χ2n) is 4.68. The van der Waals surface area contributed by atoms with Gasteiger partial charge in [0.15, 0.2) is 0 Å². The lowest BCUT2D eigenvalue weighted by Crippen LogP contribution is -2.22. The molecule has 0 aliphatic carbocycles. The molecule has 3 aromatic rings. The molecule has 110 valence electrons. The van der Waals surface area contributed by atoms with Gasteiger partial charge in [0.25, 0.3) is 0 Å². The minimum Gasteiger partial charge on any atom is -0.305 e. The fraction of sp³-hybridized carbons (Fsp3) is 0.0667. The van der Waals surface area contributed by atoms with Gasteiger partial charge >= 0.3 is 11.2 Å². The zero-order valence-corrected chi connectivity index (χ0v) is 12.0. The number of aromatic nitrogens is 2. The third kappa shape index (κ3) is 2.44. The molecule has 0 saturated carbocycles. The number of hydrogen-bond acceptors (Lipinski definition) is 4. The summed E-state index contributed by atoms with van der Waals surface area (Å²) in [4.78, 5) is 26.6. The molecule has 3 rings (SSSR count). The van der Waals surface area contributed by atoms with Crippen LogP contribution >= 0.6 is 11.6 Å². The Morgan fingerprint density at radius 3 is 2.82 bits per heavy atom. The van der Waals surface area contributed by atoms with Gasteiger partial charge in [-0.3, -0.25) is 19.9 Å². The van der Waals surface area contributed by atoms with Crippen molar-refractivity contribution in [1.82, 2.24) is 9.55 Å². The predicted octanol–water partition coefficient (Wildman–Crippen LogP) is 3.01. The smallest absolute Gasteiger partial charge is 0.305 e. The van der Waals surface area contributed by atoms with E-state index in [9.17, 15) is 14.9 Å². The minimum atomic E-state index is -0.693. The van der Waals surface area contributed by atoms with Crippen LogP contribution in [0, 0.1) is 10.1 Å². The average molecular weight is 316 g/mol. The standard InChI is InChI=1S/C15H10ClN3O3/c16-12-6-5-10-3-1-7-17-14(10)11(12)9-18-8-2-4-13(15(18)20)19(21)22/h1-8H,9H2. The van der Waals surface area contributed by atoms with E-state index in [-0.39, 0.29) is 6.54 Å². The summed E-state index contributed by atoms with van der Waals surface area (Å²) in [5, 5.41) is 12.2. The van der Waals surface area contributed by atoms with Crippen molar-refractivity contribution in [2.75, 3.05) is 0 Å². The molecule has 6 nitrogen and oxygen atoms in total. The highest BCUT2D eigenvalue weighted by Crippen LogP contribution is 2.25. The van der Waals surface area contributed by atoms with Crippen LogP contribution in [0.25, 0.3) is 10.9 Å². The van der Waals surface area contributed by atoms with E-state index < -0.39 is 16.2 Å². The molecule has 0 radical (unpaired) electrons. The maximum absolute atomic E-state index is 12.1. The first-order valence-electron chi connectivity index (χ1n) is 6.44. The van der Waals surface area contributed by atoms with Crippen molar-refractivity contribution < 1.29 is 4.92 Å². The molecule has 0 aliphatic heterocycles. The van der Waals surface area contributed by atoms with Crippen molar-refractivity contribution in [2.45, 2.75) is 6.54 Å². The number of hydrogen-bond donors (Lipinski definition) is 0. The summed E-state index contributed by atoms with van der Waals surface area (Å²) in [6, 6.07) is 9.90. The first kappa shape index (κ1) is 14.2. The first-order chi connectivity index (χ1) is 10.6. The van der Waals surface area contributed by atoms with E-state index >= 15 is 0 Å². The van der Waals surface area contributed by atoms with Crippen LogP contribution < -0.4 is 5.56 Å². The molecule has 1 aromatic carbocycles. The zero-order valence-electron chi connectivity index (χ0n) is 11.3. The molecule has 2 aromatic heterocycles. The van der Waals surface area contributed by atoms with E-state index in [1.807, 2.05) is 12.1 Å². The lowest BCUT2D eigenvalue weighted by Gasteiger charge is -2.10. The summed E-state index contributed by atoms with van der Waals surface area (Å²) in [7, 11) is 0. The normalized spacial score (nSPS) is 10.8. The van der Waals surface area contributed by atoms with Crippen molar-refractivity contribution in [1.29, 1.82) is 0 Å². The van der Waals surface area contributed by atoms with Gasteiger partial charge in [-0.15, -0.1) is 0 Å². The molecular formula is C15H10ClN3O3. The van der Waals surface area contributed by atoms with E-state index in [0.717, 1.165) is 5.39 Å². The summed E-state index contributed by atoms with van der Waals surface area (Å²) >= 11 is 6.22. The van der Waals surface area contributed by atoms with Gasteiger partial charge in [-0.1, -0.05) is 23.7 Å². The number of fused-ring (bicyclic) bond motifs is 1. The highest BCUT2D eigenvalue weighted by molar-refractivity contribution is 6.32. The number of pyridine rings is 2. The van der Waals surface area contributed by atoms with Crippen molar-refractivity contribution >= 4 is 28.2 Å². The summed E-state index contributed by atoms with van der Waals surface area (Å²) in [5.74, 6) is 0. The van der Waals surface area contributed by atoms with E-state index in [1.165, 1.54) is 22.9 Å². The Morgan fingerprint density at radius 1 is 1.23 bits per heavy atom. The van der Waals surface area contributed by atoms with Gasteiger partial charge in [-0.2, -0.15) is 0 Å². The number of benzene rings is 1. The molecule has 0 spiro atoms. The van der Waals surface area contributed by atoms with Gasteiger partial charge in [-0.25, -0.2) is 0 Å². The van der Waals surface area contributed by atoms with Gasteiger partial charge in [0, 0.05) is 34.4 Å². The average Bonchev–Trinajstić information content (AvgIpc) is 2.51. The van der Waals surface area contributed by atoms with Crippen LogP contribution in [0.15, 0.2) is 53.6 Å². The van der Waals surface area contributed by atoms with Crippen LogP contribution in [0.3, 0.4) is 0 Å². The topological polar surface area (TPSA) is 78.0 Å². The Kier molecular flexibility index (Phi) is 3.60. The van der Waals surface area contributed by atoms with Gasteiger partial charge in [0.1, 0.15) is 0 Å². The Labute approximate surface area is 129 Å². The predicted molar refractivity (Wildman–Crippen MR) is 83.2 cm³/mol. The molecule has 0 fully saturated rings. The summed E-state index contributed by atoms with van der Waals surface area (Å²) in [6.45, 7) is 0.119. The molecule has 0 N–H and O–H groups in total. The first-order valence-corrected chi connectivity index (χ1v) is 6.81. The highest BCUT2D eigenvalue weighted by atomic mass is 35.5. The van der Waals surface area contributed by atoms with E-state index in [2.05, 4.69) is 4.98 Å². The Morgan fingerprint density at radius 2 is 2.05 bits per heavy atom. The Bertz CT molecular complexity index is 937. The van der Waals surface area contributed by atoms with Crippen molar-refractivity contribution in [2.24, 2.45) is 0 Å². The molecule has 22 heavy (non-hydrogen) atoms. The van der Waals surface area contributed by atoms with Crippen LogP contribution in [0.1, 0.15) is 5.56 Å². The minimum absolute atomic E-state index is 0.119. The van der Waals surface area contributed by atoms with Gasteiger partial charge in [-0.05, 0) is 18.2 Å². The quantitative estimate of drug-likeness (QED) is 0.550. The molecule has 0 aliphatic rings. The second kappa shape index (κ2) is 5.57. The summed E-state index contributed by atoms with van der Waals surface area (Å²) < 4.78 is 1.26. The summed E-state index contributed by atoms with van der Waals surface area (Å²) in [5.41, 5.74) is 0.194. The van der Waals surface area contributed by atoms with Crippen LogP contribution in [0.5, 0.6) is 0 Å². The van der Waals surface area contributed by atoms with Crippen LogP contribution in [-0.4, -0.2) is 14.5 Å². The molecule has 2 heterocycles. The SMILES string of the molecule is O=c1c([N+](=O)[O-])cccn1Cc1c(Cl)ccc2cccnc12. The third-order valence-electron chi connectivity index (χ3n) is 3.35. The number of halogens is 1. The van der Waals surface area contributed by atoms with Crippen LogP contribution in [0.4, 0.5) is 5.69 Å². The van der Waals surface area contributed by atoms with Crippen molar-refractivity contribution in [3.05, 3.63) is 79.8 Å². The maximum atomic E-state index is 12.1. The molecule has 0 unspecified atom stereocenters. The molecule has 0 atom stereocenters. The van der Waals surface area contributed by atoms with E-state index in [1.54, 1.807) is 18.3 Å². The number of nitrogens with zero attached hydrogens (tertiary/aromatic N) is 3. The third-order valence-corrected chi connectivity index (χ3v) is 3.70. The highest BCUT2D eigenvalue weighted by Gasteiger charge is 2.15. The molecule has 0 amide bonds.